The Morgan fingerprint density at radius 2 is 2.18 bits per heavy atom. The van der Waals surface area contributed by atoms with Gasteiger partial charge in [-0.15, -0.1) is 0 Å². The molecule has 0 saturated heterocycles. The monoisotopic (exact) mass is 230 g/mol. The average Bonchev–Trinajstić information content (AvgIpc) is 2.78. The highest BCUT2D eigenvalue weighted by molar-refractivity contribution is 5.70. The van der Waals surface area contributed by atoms with Crippen molar-refractivity contribution in [1.29, 1.82) is 5.26 Å². The molecule has 2 unspecified atom stereocenters. The fourth-order valence-electron chi connectivity index (χ4n) is 2.26. The van der Waals surface area contributed by atoms with Gasteiger partial charge in [-0.25, -0.2) is 0 Å². The van der Waals surface area contributed by atoms with Gasteiger partial charge in [-0.3, -0.25) is 4.79 Å². The van der Waals surface area contributed by atoms with Crippen LogP contribution in [0.3, 0.4) is 0 Å². The lowest BCUT2D eigenvalue weighted by Crippen LogP contribution is -2.18. The SMILES string of the molecule is N#Cc1ccccc1NC1CCC(C(=O)O)C1. The molecule has 0 spiro atoms. The molecule has 1 aliphatic rings. The highest BCUT2D eigenvalue weighted by atomic mass is 16.4. The van der Waals surface area contributed by atoms with Gasteiger partial charge in [-0.05, 0) is 31.4 Å². The zero-order valence-corrected chi connectivity index (χ0v) is 9.39. The molecule has 0 radical (unpaired) electrons. The number of hydrogen-bond acceptors (Lipinski definition) is 3. The Labute approximate surface area is 99.9 Å². The predicted molar refractivity (Wildman–Crippen MR) is 63.5 cm³/mol. The summed E-state index contributed by atoms with van der Waals surface area (Å²) in [6.45, 7) is 0. The first-order valence-corrected chi connectivity index (χ1v) is 5.69. The van der Waals surface area contributed by atoms with E-state index in [9.17, 15) is 4.79 Å². The van der Waals surface area contributed by atoms with Crippen LogP contribution in [0.2, 0.25) is 0 Å². The van der Waals surface area contributed by atoms with Crippen molar-refractivity contribution in [2.24, 2.45) is 5.92 Å². The van der Waals surface area contributed by atoms with E-state index in [0.29, 0.717) is 18.4 Å². The van der Waals surface area contributed by atoms with Crippen molar-refractivity contribution in [2.45, 2.75) is 25.3 Å². The maximum absolute atomic E-state index is 10.8. The Morgan fingerprint density at radius 1 is 1.41 bits per heavy atom. The second kappa shape index (κ2) is 4.88. The number of carbonyl (C=O) groups is 1. The number of anilines is 1. The van der Waals surface area contributed by atoms with Crippen molar-refractivity contribution >= 4 is 11.7 Å². The van der Waals surface area contributed by atoms with Gasteiger partial charge < -0.3 is 10.4 Å². The summed E-state index contributed by atoms with van der Waals surface area (Å²) >= 11 is 0. The molecule has 1 saturated carbocycles. The lowest BCUT2D eigenvalue weighted by Gasteiger charge is -2.14. The molecule has 2 N–H and O–H groups in total. The molecular formula is C13H14N2O2. The molecule has 0 heterocycles. The van der Waals surface area contributed by atoms with E-state index in [0.717, 1.165) is 12.1 Å². The topological polar surface area (TPSA) is 73.1 Å². The summed E-state index contributed by atoms with van der Waals surface area (Å²) < 4.78 is 0. The molecule has 1 aromatic carbocycles. The van der Waals surface area contributed by atoms with Crippen molar-refractivity contribution in [3.05, 3.63) is 29.8 Å². The van der Waals surface area contributed by atoms with Gasteiger partial charge in [0.15, 0.2) is 0 Å². The molecule has 88 valence electrons. The van der Waals surface area contributed by atoms with Crippen LogP contribution in [0.25, 0.3) is 0 Å². The highest BCUT2D eigenvalue weighted by Gasteiger charge is 2.29. The standard InChI is InChI=1S/C13H14N2O2/c14-8-10-3-1-2-4-12(10)15-11-6-5-9(7-11)13(16)17/h1-4,9,11,15H,5-7H2,(H,16,17). The smallest absolute Gasteiger partial charge is 0.306 e. The summed E-state index contributed by atoms with van der Waals surface area (Å²) in [6.07, 6.45) is 2.19. The van der Waals surface area contributed by atoms with Crippen LogP contribution in [0.5, 0.6) is 0 Å². The fraction of sp³-hybridized carbons (Fsp3) is 0.385. The van der Waals surface area contributed by atoms with E-state index >= 15 is 0 Å². The van der Waals surface area contributed by atoms with Crippen LogP contribution >= 0.6 is 0 Å². The molecule has 17 heavy (non-hydrogen) atoms. The molecule has 0 amide bonds. The molecule has 0 aliphatic heterocycles. The van der Waals surface area contributed by atoms with Crippen molar-refractivity contribution in [3.63, 3.8) is 0 Å². The quantitative estimate of drug-likeness (QED) is 0.835. The Kier molecular flexibility index (Phi) is 3.29. The lowest BCUT2D eigenvalue weighted by atomic mass is 10.1. The summed E-state index contributed by atoms with van der Waals surface area (Å²) in [5, 5.41) is 21.1. The van der Waals surface area contributed by atoms with Crippen LogP contribution in [-0.4, -0.2) is 17.1 Å². The first kappa shape index (κ1) is 11.5. The van der Waals surface area contributed by atoms with Crippen molar-refractivity contribution in [3.8, 4) is 6.07 Å². The summed E-state index contributed by atoms with van der Waals surface area (Å²) in [7, 11) is 0. The minimum absolute atomic E-state index is 0.158. The molecule has 4 heteroatoms. The van der Waals surface area contributed by atoms with E-state index in [1.807, 2.05) is 18.2 Å². The van der Waals surface area contributed by atoms with Crippen LogP contribution in [-0.2, 0) is 4.79 Å². The zero-order valence-electron chi connectivity index (χ0n) is 9.39. The number of nitriles is 1. The fourth-order valence-corrected chi connectivity index (χ4v) is 2.26. The minimum Gasteiger partial charge on any atom is -0.481 e. The maximum atomic E-state index is 10.8. The summed E-state index contributed by atoms with van der Waals surface area (Å²) in [5.74, 6) is -0.968. The van der Waals surface area contributed by atoms with E-state index in [4.69, 9.17) is 10.4 Å². The molecule has 1 aliphatic carbocycles. The van der Waals surface area contributed by atoms with Crippen LogP contribution in [0.15, 0.2) is 24.3 Å². The van der Waals surface area contributed by atoms with Crippen molar-refractivity contribution < 1.29 is 9.90 Å². The van der Waals surface area contributed by atoms with Gasteiger partial charge >= 0.3 is 5.97 Å². The summed E-state index contributed by atoms with van der Waals surface area (Å²) in [6, 6.07) is 9.58. The first-order chi connectivity index (χ1) is 8.20. The van der Waals surface area contributed by atoms with Gasteiger partial charge in [-0.2, -0.15) is 5.26 Å². The number of rotatable bonds is 3. The van der Waals surface area contributed by atoms with E-state index in [1.54, 1.807) is 6.07 Å². The van der Waals surface area contributed by atoms with Crippen molar-refractivity contribution in [1.82, 2.24) is 0 Å². The van der Waals surface area contributed by atoms with Crippen molar-refractivity contribution in [2.75, 3.05) is 5.32 Å². The van der Waals surface area contributed by atoms with Gasteiger partial charge in [0, 0.05) is 6.04 Å². The van der Waals surface area contributed by atoms with Gasteiger partial charge in [0.25, 0.3) is 0 Å². The van der Waals surface area contributed by atoms with E-state index in [2.05, 4.69) is 11.4 Å². The number of carboxylic acids is 1. The lowest BCUT2D eigenvalue weighted by molar-refractivity contribution is -0.141. The summed E-state index contributed by atoms with van der Waals surface area (Å²) in [4.78, 5) is 10.8. The number of nitrogens with zero attached hydrogens (tertiary/aromatic N) is 1. The second-order valence-corrected chi connectivity index (χ2v) is 4.35. The Balaban J connectivity index is 2.03. The Morgan fingerprint density at radius 3 is 2.82 bits per heavy atom. The van der Waals surface area contributed by atoms with Crippen LogP contribution in [0.4, 0.5) is 5.69 Å². The molecule has 4 nitrogen and oxygen atoms in total. The van der Waals surface area contributed by atoms with Crippen LogP contribution in [0, 0.1) is 17.2 Å². The van der Waals surface area contributed by atoms with Gasteiger partial charge in [0.1, 0.15) is 6.07 Å². The molecule has 0 bridgehead atoms. The van der Waals surface area contributed by atoms with E-state index in [-0.39, 0.29) is 12.0 Å². The third-order valence-corrected chi connectivity index (χ3v) is 3.19. The third-order valence-electron chi connectivity index (χ3n) is 3.19. The Hall–Kier alpha value is -2.02. The summed E-state index contributed by atoms with van der Waals surface area (Å²) in [5.41, 5.74) is 1.40. The number of hydrogen-bond donors (Lipinski definition) is 2. The maximum Gasteiger partial charge on any atom is 0.306 e. The first-order valence-electron chi connectivity index (χ1n) is 5.69. The number of carboxylic acid groups (broad SMARTS) is 1. The normalized spacial score (nSPS) is 23.0. The molecule has 0 aromatic heterocycles. The molecule has 2 atom stereocenters. The van der Waals surface area contributed by atoms with Gasteiger partial charge in [0.05, 0.1) is 17.2 Å². The largest absolute Gasteiger partial charge is 0.481 e. The Bertz CT molecular complexity index is 465. The van der Waals surface area contributed by atoms with E-state index < -0.39 is 5.97 Å². The molecule has 1 fully saturated rings. The number of nitrogens with one attached hydrogen (secondary N) is 1. The van der Waals surface area contributed by atoms with E-state index in [1.165, 1.54) is 0 Å². The van der Waals surface area contributed by atoms with Gasteiger partial charge in [-0.1, -0.05) is 12.1 Å². The number of benzene rings is 1. The highest BCUT2D eigenvalue weighted by Crippen LogP contribution is 2.29. The average molecular weight is 230 g/mol. The molecule has 2 rings (SSSR count). The third kappa shape index (κ3) is 2.56. The molecule has 1 aromatic rings. The zero-order chi connectivity index (χ0) is 12.3. The minimum atomic E-state index is -0.720. The predicted octanol–water partition coefficient (Wildman–Crippen LogP) is 2.22. The van der Waals surface area contributed by atoms with Crippen LogP contribution in [0.1, 0.15) is 24.8 Å². The number of para-hydroxylation sites is 1. The second-order valence-electron chi connectivity index (χ2n) is 4.35. The van der Waals surface area contributed by atoms with Crippen LogP contribution < -0.4 is 5.32 Å². The van der Waals surface area contributed by atoms with Gasteiger partial charge in [0.2, 0.25) is 0 Å². The molecular weight excluding hydrogens is 216 g/mol. The number of aliphatic carboxylic acids is 1.